The predicted molar refractivity (Wildman–Crippen MR) is 261 cm³/mol. The van der Waals surface area contributed by atoms with Crippen molar-refractivity contribution in [3.05, 3.63) is 12.2 Å². The van der Waals surface area contributed by atoms with Gasteiger partial charge < -0.3 is 0 Å². The Morgan fingerprint density at radius 1 is 0.417 bits per heavy atom. The van der Waals surface area contributed by atoms with Crippen molar-refractivity contribution in [2.75, 3.05) is 0 Å². The van der Waals surface area contributed by atoms with E-state index < -0.39 is 0 Å². The fourth-order valence-corrected chi connectivity index (χ4v) is 20.2. The van der Waals surface area contributed by atoms with Gasteiger partial charge in [-0.25, -0.2) is 0 Å². The summed E-state index contributed by atoms with van der Waals surface area (Å²) in [4.78, 5) is 0. The van der Waals surface area contributed by atoms with Gasteiger partial charge >= 0.3 is 0 Å². The van der Waals surface area contributed by atoms with Gasteiger partial charge in [0.2, 0.25) is 0 Å². The largest absolute Gasteiger partial charge is 0.0885 e. The first-order valence-electron chi connectivity index (χ1n) is 28.3. The van der Waals surface area contributed by atoms with Gasteiger partial charge in [-0.1, -0.05) is 120 Å². The summed E-state index contributed by atoms with van der Waals surface area (Å²) < 4.78 is 0. The maximum atomic E-state index is 2.82. The average Bonchev–Trinajstić information content (AvgIpc) is 3.76. The second kappa shape index (κ2) is 18.9. The molecule has 0 aromatic carbocycles. The first-order valence-corrected chi connectivity index (χ1v) is 28.3. The van der Waals surface area contributed by atoms with E-state index in [1.807, 2.05) is 0 Å². The van der Waals surface area contributed by atoms with E-state index in [4.69, 9.17) is 0 Å². The summed E-state index contributed by atoms with van der Waals surface area (Å²) >= 11 is 0. The lowest BCUT2D eigenvalue weighted by molar-refractivity contribution is -0.121. The topological polar surface area (TPSA) is 0 Å². The summed E-state index contributed by atoms with van der Waals surface area (Å²) in [6.45, 7) is 26.2. The maximum absolute atomic E-state index is 2.82. The van der Waals surface area contributed by atoms with E-state index in [0.29, 0.717) is 21.7 Å². The van der Waals surface area contributed by atoms with Gasteiger partial charge in [0.25, 0.3) is 0 Å². The molecule has 0 N–H and O–H groups in total. The Bertz CT molecular complexity index is 1300. The van der Waals surface area contributed by atoms with E-state index in [9.17, 15) is 0 Å². The molecule has 8 aliphatic carbocycles. The van der Waals surface area contributed by atoms with Crippen molar-refractivity contribution in [2.24, 2.45) is 116 Å². The SMILES string of the molecule is CC(C)CCC[C@@H](C)[C@H]1CC[C@H]2[C@@H]3CC[C@H]4C[C@@H](CC/C=C/CC[C@@H]5CC[C@]6(C)[C@H](CC[C@H]7[C@H]6CC[C@]6(C)[C@@H]7CC[C@H]6[C@@H](C)CCCC(C)C)C5)CC[C@]4(C)[C@H]3CC[C@]12C. The minimum absolute atomic E-state index is 0.644. The van der Waals surface area contributed by atoms with Crippen LogP contribution < -0.4 is 0 Å². The minimum Gasteiger partial charge on any atom is -0.0885 e. The zero-order valence-corrected chi connectivity index (χ0v) is 42.2. The molecule has 0 bridgehead atoms. The van der Waals surface area contributed by atoms with Crippen LogP contribution in [0.1, 0.15) is 249 Å². The fourth-order valence-electron chi connectivity index (χ4n) is 20.2. The lowest BCUT2D eigenvalue weighted by Crippen LogP contribution is -2.53. The molecule has 0 unspecified atom stereocenters. The Kier molecular flexibility index (Phi) is 14.6. The van der Waals surface area contributed by atoms with Gasteiger partial charge in [-0.05, 0) is 258 Å². The van der Waals surface area contributed by atoms with Gasteiger partial charge in [0.05, 0.1) is 0 Å². The van der Waals surface area contributed by atoms with Gasteiger partial charge in [-0.2, -0.15) is 0 Å². The first kappa shape index (κ1) is 46.3. The second-order valence-corrected chi connectivity index (χ2v) is 27.3. The lowest BCUT2D eigenvalue weighted by Gasteiger charge is -2.61. The van der Waals surface area contributed by atoms with E-state index in [1.54, 1.807) is 103 Å². The van der Waals surface area contributed by atoms with Gasteiger partial charge in [0, 0.05) is 0 Å². The van der Waals surface area contributed by atoms with Crippen molar-refractivity contribution in [1.29, 1.82) is 0 Å². The van der Waals surface area contributed by atoms with Gasteiger partial charge in [0.1, 0.15) is 0 Å². The Labute approximate surface area is 376 Å². The van der Waals surface area contributed by atoms with Crippen LogP contribution in [0.4, 0.5) is 0 Å². The third-order valence-electron chi connectivity index (χ3n) is 23.6. The number of hydrogen-bond donors (Lipinski definition) is 0. The Morgan fingerprint density at radius 3 is 1.20 bits per heavy atom. The van der Waals surface area contributed by atoms with Crippen molar-refractivity contribution in [1.82, 2.24) is 0 Å². The summed E-state index contributed by atoms with van der Waals surface area (Å²) in [7, 11) is 0. The smallest absolute Gasteiger partial charge is 0.0264 e. The van der Waals surface area contributed by atoms with Crippen LogP contribution in [0.2, 0.25) is 0 Å². The molecule has 344 valence electrons. The van der Waals surface area contributed by atoms with Crippen molar-refractivity contribution in [3.8, 4) is 0 Å². The van der Waals surface area contributed by atoms with Gasteiger partial charge in [0.15, 0.2) is 0 Å². The molecule has 0 aromatic heterocycles. The highest BCUT2D eigenvalue weighted by atomic mass is 14.7. The molecular formula is C60H104. The van der Waals surface area contributed by atoms with Crippen LogP contribution in [-0.2, 0) is 0 Å². The second-order valence-electron chi connectivity index (χ2n) is 27.3. The van der Waals surface area contributed by atoms with E-state index >= 15 is 0 Å². The summed E-state index contributed by atoms with van der Waals surface area (Å²) in [6, 6.07) is 0. The van der Waals surface area contributed by atoms with E-state index in [-0.39, 0.29) is 0 Å². The highest BCUT2D eigenvalue weighted by Crippen LogP contribution is 2.70. The quantitative estimate of drug-likeness (QED) is 0.136. The van der Waals surface area contributed by atoms with E-state index in [1.165, 1.54) is 77.0 Å². The van der Waals surface area contributed by atoms with Crippen LogP contribution in [-0.4, -0.2) is 0 Å². The molecule has 0 aromatic rings. The van der Waals surface area contributed by atoms with E-state index in [0.717, 1.165) is 94.7 Å². The molecule has 8 rings (SSSR count). The van der Waals surface area contributed by atoms with Gasteiger partial charge in [-0.15, -0.1) is 0 Å². The van der Waals surface area contributed by atoms with Crippen molar-refractivity contribution in [2.45, 2.75) is 249 Å². The molecule has 0 heterocycles. The Hall–Kier alpha value is -0.260. The van der Waals surface area contributed by atoms with Crippen molar-refractivity contribution in [3.63, 3.8) is 0 Å². The van der Waals surface area contributed by atoms with Crippen LogP contribution in [0, 0.1) is 116 Å². The highest BCUT2D eigenvalue weighted by Gasteiger charge is 2.62. The van der Waals surface area contributed by atoms with Crippen LogP contribution in [0.25, 0.3) is 0 Å². The van der Waals surface area contributed by atoms with E-state index in [2.05, 4.69) is 81.4 Å². The molecule has 18 atom stereocenters. The predicted octanol–water partition coefficient (Wildman–Crippen LogP) is 18.6. The Morgan fingerprint density at radius 2 is 0.800 bits per heavy atom. The van der Waals surface area contributed by atoms with Crippen LogP contribution in [0.15, 0.2) is 12.2 Å². The van der Waals surface area contributed by atoms with Crippen molar-refractivity contribution < 1.29 is 0 Å². The number of rotatable bonds is 16. The molecule has 8 fully saturated rings. The number of hydrogen-bond acceptors (Lipinski definition) is 0. The zero-order chi connectivity index (χ0) is 42.5. The van der Waals surface area contributed by atoms with Crippen LogP contribution in [0.5, 0.6) is 0 Å². The fraction of sp³-hybridized carbons (Fsp3) is 0.967. The zero-order valence-electron chi connectivity index (χ0n) is 42.2. The monoisotopic (exact) mass is 825 g/mol. The Balaban J connectivity index is 0.750. The third kappa shape index (κ3) is 8.87. The number of fused-ring (bicyclic) bond motifs is 10. The summed E-state index contributed by atoms with van der Waals surface area (Å²) in [5.41, 5.74) is 2.58. The first-order chi connectivity index (χ1) is 28.7. The molecule has 0 nitrogen and oxygen atoms in total. The number of allylic oxidation sites excluding steroid dienone is 2. The highest BCUT2D eigenvalue weighted by molar-refractivity contribution is 5.11. The molecule has 0 heteroatoms. The molecule has 60 heavy (non-hydrogen) atoms. The minimum atomic E-state index is 0.644. The molecule has 0 aliphatic heterocycles. The molecule has 0 radical (unpaired) electrons. The summed E-state index contributed by atoms with van der Waals surface area (Å²) in [5.74, 6) is 15.9. The normalized spacial score (nSPS) is 47.3. The summed E-state index contributed by atoms with van der Waals surface area (Å²) in [6.07, 6.45) is 47.7. The molecular weight excluding hydrogens is 721 g/mol. The average molecular weight is 825 g/mol. The summed E-state index contributed by atoms with van der Waals surface area (Å²) in [5, 5.41) is 0. The van der Waals surface area contributed by atoms with Crippen LogP contribution >= 0.6 is 0 Å². The molecule has 0 saturated heterocycles. The third-order valence-corrected chi connectivity index (χ3v) is 23.6. The van der Waals surface area contributed by atoms with Gasteiger partial charge in [-0.3, -0.25) is 0 Å². The molecule has 8 saturated carbocycles. The lowest BCUT2D eigenvalue weighted by atomic mass is 9.44. The van der Waals surface area contributed by atoms with Crippen molar-refractivity contribution >= 4 is 0 Å². The van der Waals surface area contributed by atoms with Crippen LogP contribution in [0.3, 0.4) is 0 Å². The standard InChI is InChI=1S/C60H104/c1-41(2)17-15-19-43(5)51-27-29-53-49-25-23-47-39-45(31-35-57(47,7)55(49)33-37-59(51,53)9)21-13-11-12-14-22-46-32-36-58(8)48(40-46)24-26-50-54-30-28-52(44(6)20-16-18-42(3)4)60(54,10)38-34-56(50)58/h11-12,41-56H,13-40H2,1-10H3/b12-11+/t43-,44+,45+,46-,47+,48-,49+,50-,51-,52+,53+,54-,55+,56-,57+,58-,59-,60+. The maximum Gasteiger partial charge on any atom is -0.0264 e. The molecule has 0 amide bonds. The molecule has 8 aliphatic rings. The molecule has 0 spiro atoms.